The standard InChI is InChI=1S/C12H15BrN4O3/c13-7-3-9(17(4-7)8-1-2-8)12(20)16(5-10(14)18)6-11(15)19/h3-4,8H,1-2,5-6H2,(H2,14,18)(H2,15,19). The molecule has 0 spiro atoms. The van der Waals surface area contributed by atoms with Crippen molar-refractivity contribution in [2.45, 2.75) is 18.9 Å². The number of amides is 3. The van der Waals surface area contributed by atoms with Gasteiger partial charge in [0.2, 0.25) is 11.8 Å². The minimum atomic E-state index is -0.691. The minimum Gasteiger partial charge on any atom is -0.368 e. The van der Waals surface area contributed by atoms with E-state index in [9.17, 15) is 14.4 Å². The van der Waals surface area contributed by atoms with E-state index in [-0.39, 0.29) is 13.1 Å². The summed E-state index contributed by atoms with van der Waals surface area (Å²) in [7, 11) is 0. The van der Waals surface area contributed by atoms with Gasteiger partial charge in [-0.2, -0.15) is 0 Å². The molecule has 0 unspecified atom stereocenters. The van der Waals surface area contributed by atoms with Crippen LogP contribution >= 0.6 is 15.9 Å². The van der Waals surface area contributed by atoms with Crippen molar-refractivity contribution in [1.82, 2.24) is 9.47 Å². The van der Waals surface area contributed by atoms with Crippen molar-refractivity contribution in [3.8, 4) is 0 Å². The van der Waals surface area contributed by atoms with Crippen LogP contribution in [0.3, 0.4) is 0 Å². The van der Waals surface area contributed by atoms with Gasteiger partial charge in [0.25, 0.3) is 5.91 Å². The SMILES string of the molecule is NC(=O)CN(CC(N)=O)C(=O)c1cc(Br)cn1C1CC1. The molecular weight excluding hydrogens is 328 g/mol. The number of nitrogens with zero attached hydrogens (tertiary/aromatic N) is 2. The number of hydrogen-bond acceptors (Lipinski definition) is 3. The summed E-state index contributed by atoms with van der Waals surface area (Å²) in [5.41, 5.74) is 10.6. The van der Waals surface area contributed by atoms with E-state index in [1.807, 2.05) is 10.8 Å². The van der Waals surface area contributed by atoms with Crippen LogP contribution in [0.4, 0.5) is 0 Å². The average molecular weight is 343 g/mol. The number of primary amides is 2. The second-order valence-electron chi connectivity index (χ2n) is 4.78. The average Bonchev–Trinajstić information content (AvgIpc) is 3.09. The van der Waals surface area contributed by atoms with Gasteiger partial charge in [0.05, 0.1) is 0 Å². The molecule has 20 heavy (non-hydrogen) atoms. The van der Waals surface area contributed by atoms with E-state index in [1.54, 1.807) is 6.07 Å². The lowest BCUT2D eigenvalue weighted by Crippen LogP contribution is -2.43. The number of rotatable bonds is 6. The Morgan fingerprint density at radius 1 is 1.25 bits per heavy atom. The lowest BCUT2D eigenvalue weighted by atomic mass is 10.3. The van der Waals surface area contributed by atoms with Crippen LogP contribution < -0.4 is 11.5 Å². The molecule has 1 aliphatic rings. The van der Waals surface area contributed by atoms with Gasteiger partial charge in [-0.3, -0.25) is 14.4 Å². The van der Waals surface area contributed by atoms with E-state index in [1.165, 1.54) is 0 Å². The van der Waals surface area contributed by atoms with Crippen LogP contribution in [-0.2, 0) is 9.59 Å². The molecule has 1 aromatic heterocycles. The summed E-state index contributed by atoms with van der Waals surface area (Å²) in [6.07, 6.45) is 3.83. The summed E-state index contributed by atoms with van der Waals surface area (Å²) < 4.78 is 2.62. The summed E-state index contributed by atoms with van der Waals surface area (Å²) in [6.45, 7) is -0.676. The maximum Gasteiger partial charge on any atom is 0.271 e. The highest BCUT2D eigenvalue weighted by Crippen LogP contribution is 2.37. The molecule has 2 rings (SSSR count). The Morgan fingerprint density at radius 2 is 1.80 bits per heavy atom. The van der Waals surface area contributed by atoms with Gasteiger partial charge in [0.15, 0.2) is 0 Å². The fourth-order valence-electron chi connectivity index (χ4n) is 2.01. The van der Waals surface area contributed by atoms with Gasteiger partial charge in [-0.25, -0.2) is 0 Å². The molecule has 1 heterocycles. The van der Waals surface area contributed by atoms with E-state index in [4.69, 9.17) is 11.5 Å². The number of carbonyl (C=O) groups is 3. The van der Waals surface area contributed by atoms with Gasteiger partial charge in [-0.15, -0.1) is 0 Å². The minimum absolute atomic E-state index is 0.296. The first-order valence-electron chi connectivity index (χ1n) is 6.11. The van der Waals surface area contributed by atoms with Crippen molar-refractivity contribution in [2.75, 3.05) is 13.1 Å². The third kappa shape index (κ3) is 3.38. The third-order valence-electron chi connectivity index (χ3n) is 2.96. The fraction of sp³-hybridized carbons (Fsp3) is 0.417. The van der Waals surface area contributed by atoms with E-state index in [0.29, 0.717) is 11.7 Å². The Balaban J connectivity index is 2.26. The molecule has 0 saturated heterocycles. The largest absolute Gasteiger partial charge is 0.368 e. The van der Waals surface area contributed by atoms with Gasteiger partial charge in [0.1, 0.15) is 18.8 Å². The Hall–Kier alpha value is -1.83. The molecule has 0 aromatic carbocycles. The van der Waals surface area contributed by atoms with Crippen LogP contribution in [0.1, 0.15) is 29.4 Å². The van der Waals surface area contributed by atoms with Crippen molar-refractivity contribution in [3.05, 3.63) is 22.4 Å². The lowest BCUT2D eigenvalue weighted by molar-refractivity contribution is -0.121. The van der Waals surface area contributed by atoms with Gasteiger partial charge in [0, 0.05) is 16.7 Å². The second-order valence-corrected chi connectivity index (χ2v) is 5.69. The predicted octanol–water partition coefficient (Wildman–Crippen LogP) is -0.00170. The zero-order valence-corrected chi connectivity index (χ0v) is 12.3. The normalized spacial score (nSPS) is 14.1. The fourth-order valence-corrected chi connectivity index (χ4v) is 2.45. The third-order valence-corrected chi connectivity index (χ3v) is 3.39. The zero-order chi connectivity index (χ0) is 14.9. The van der Waals surface area contributed by atoms with Crippen LogP contribution in [-0.4, -0.2) is 40.3 Å². The first kappa shape index (κ1) is 14.6. The monoisotopic (exact) mass is 342 g/mol. The molecule has 1 aliphatic carbocycles. The molecule has 0 atom stereocenters. The van der Waals surface area contributed by atoms with Crippen molar-refractivity contribution in [1.29, 1.82) is 0 Å². The number of aromatic nitrogens is 1. The second kappa shape index (κ2) is 5.66. The van der Waals surface area contributed by atoms with Gasteiger partial charge in [-0.05, 0) is 34.8 Å². The highest BCUT2D eigenvalue weighted by molar-refractivity contribution is 9.10. The Bertz CT molecular complexity index is 549. The summed E-state index contributed by atoms with van der Waals surface area (Å²) in [5, 5.41) is 0. The lowest BCUT2D eigenvalue weighted by Gasteiger charge is -2.20. The molecule has 8 heteroatoms. The van der Waals surface area contributed by atoms with E-state index in [2.05, 4.69) is 15.9 Å². The van der Waals surface area contributed by atoms with E-state index >= 15 is 0 Å². The first-order valence-corrected chi connectivity index (χ1v) is 6.91. The number of hydrogen-bond donors (Lipinski definition) is 2. The topological polar surface area (TPSA) is 111 Å². The van der Waals surface area contributed by atoms with E-state index < -0.39 is 17.7 Å². The highest BCUT2D eigenvalue weighted by atomic mass is 79.9. The summed E-state index contributed by atoms with van der Waals surface area (Å²) >= 11 is 3.32. The molecular formula is C12H15BrN4O3. The Morgan fingerprint density at radius 3 is 2.25 bits per heavy atom. The molecule has 0 aliphatic heterocycles. The molecule has 4 N–H and O–H groups in total. The van der Waals surface area contributed by atoms with Gasteiger partial charge >= 0.3 is 0 Å². The summed E-state index contributed by atoms with van der Waals surface area (Å²) in [6, 6.07) is 1.96. The first-order chi connectivity index (χ1) is 9.38. The highest BCUT2D eigenvalue weighted by Gasteiger charge is 2.30. The maximum absolute atomic E-state index is 12.5. The van der Waals surface area contributed by atoms with Crippen LogP contribution in [0.15, 0.2) is 16.7 Å². The number of nitrogens with two attached hydrogens (primary N) is 2. The smallest absolute Gasteiger partial charge is 0.271 e. The molecule has 108 valence electrons. The van der Waals surface area contributed by atoms with Gasteiger partial charge < -0.3 is 20.9 Å². The summed E-state index contributed by atoms with van der Waals surface area (Å²) in [5.74, 6) is -1.81. The van der Waals surface area contributed by atoms with Crippen molar-refractivity contribution in [2.24, 2.45) is 11.5 Å². The molecule has 1 saturated carbocycles. The van der Waals surface area contributed by atoms with Crippen LogP contribution in [0, 0.1) is 0 Å². The number of halogens is 1. The van der Waals surface area contributed by atoms with Crippen LogP contribution in [0.2, 0.25) is 0 Å². The van der Waals surface area contributed by atoms with Crippen LogP contribution in [0.5, 0.6) is 0 Å². The van der Waals surface area contributed by atoms with Gasteiger partial charge in [-0.1, -0.05) is 0 Å². The molecule has 7 nitrogen and oxygen atoms in total. The molecule has 0 bridgehead atoms. The van der Waals surface area contributed by atoms with E-state index in [0.717, 1.165) is 22.2 Å². The van der Waals surface area contributed by atoms with Crippen LogP contribution in [0.25, 0.3) is 0 Å². The molecule has 1 aromatic rings. The predicted molar refractivity (Wildman–Crippen MR) is 74.7 cm³/mol. The Labute approximate surface area is 124 Å². The molecule has 3 amide bonds. The molecule has 1 fully saturated rings. The van der Waals surface area contributed by atoms with Crippen molar-refractivity contribution < 1.29 is 14.4 Å². The maximum atomic E-state index is 12.5. The van der Waals surface area contributed by atoms with Crippen molar-refractivity contribution >= 4 is 33.7 Å². The summed E-state index contributed by atoms with van der Waals surface area (Å²) in [4.78, 5) is 35.6. The molecule has 0 radical (unpaired) electrons. The zero-order valence-electron chi connectivity index (χ0n) is 10.7. The Kier molecular flexibility index (Phi) is 4.12. The van der Waals surface area contributed by atoms with Crippen molar-refractivity contribution in [3.63, 3.8) is 0 Å². The quantitative estimate of drug-likeness (QED) is 0.758. The number of carbonyl (C=O) groups excluding carboxylic acids is 3.